The fraction of sp³-hybridized carbons (Fsp3) is 1.00. The predicted molar refractivity (Wildman–Crippen MR) is 54.9 cm³/mol. The van der Waals surface area contributed by atoms with Gasteiger partial charge < -0.3 is 14.7 Å². The van der Waals surface area contributed by atoms with Gasteiger partial charge in [0.2, 0.25) is 0 Å². The maximum Gasteiger partial charge on any atom is 0.0900 e. The van der Waals surface area contributed by atoms with Gasteiger partial charge in [0.05, 0.1) is 12.7 Å². The Morgan fingerprint density at radius 1 is 1.38 bits per heavy atom. The summed E-state index contributed by atoms with van der Waals surface area (Å²) in [6.07, 6.45) is 2.05. The molecule has 3 heteroatoms. The number of hydrogen-bond donors (Lipinski definition) is 1. The highest BCUT2D eigenvalue weighted by Gasteiger charge is 2.06. The SMILES string of the molecule is CCCCN(C)CC(O)COCC. The third kappa shape index (κ3) is 8.22. The number of hydrogen-bond acceptors (Lipinski definition) is 3. The summed E-state index contributed by atoms with van der Waals surface area (Å²) in [5.41, 5.74) is 0. The van der Waals surface area contributed by atoms with Crippen LogP contribution in [0.2, 0.25) is 0 Å². The normalized spacial score (nSPS) is 13.6. The number of unbranched alkanes of at least 4 members (excludes halogenated alkanes) is 1. The number of nitrogens with zero attached hydrogens (tertiary/aromatic N) is 1. The Hall–Kier alpha value is -0.120. The lowest BCUT2D eigenvalue weighted by Crippen LogP contribution is -2.32. The second kappa shape index (κ2) is 8.48. The molecule has 1 N–H and O–H groups in total. The topological polar surface area (TPSA) is 32.7 Å². The third-order valence-corrected chi connectivity index (χ3v) is 1.93. The summed E-state index contributed by atoms with van der Waals surface area (Å²) in [4.78, 5) is 2.15. The summed E-state index contributed by atoms with van der Waals surface area (Å²) in [5, 5.41) is 9.48. The number of aliphatic hydroxyl groups is 1. The molecule has 0 saturated carbocycles. The van der Waals surface area contributed by atoms with Crippen LogP contribution in [0, 0.1) is 0 Å². The molecule has 0 aromatic heterocycles. The molecular weight excluding hydrogens is 166 g/mol. The summed E-state index contributed by atoms with van der Waals surface area (Å²) in [6, 6.07) is 0. The minimum Gasteiger partial charge on any atom is -0.389 e. The van der Waals surface area contributed by atoms with Crippen molar-refractivity contribution in [3.05, 3.63) is 0 Å². The maximum absolute atomic E-state index is 9.48. The largest absolute Gasteiger partial charge is 0.389 e. The Kier molecular flexibility index (Phi) is 8.40. The first-order valence-electron chi connectivity index (χ1n) is 5.15. The number of aliphatic hydroxyl groups excluding tert-OH is 1. The van der Waals surface area contributed by atoms with Gasteiger partial charge in [0, 0.05) is 13.2 Å². The Labute approximate surface area is 81.7 Å². The van der Waals surface area contributed by atoms with E-state index in [1.165, 1.54) is 12.8 Å². The van der Waals surface area contributed by atoms with Gasteiger partial charge in [0.25, 0.3) is 0 Å². The standard InChI is InChI=1S/C10H23NO2/c1-4-6-7-11(3)8-10(12)9-13-5-2/h10,12H,4-9H2,1-3H3. The number of likely N-dealkylation sites (N-methyl/N-ethyl adjacent to an activating group) is 1. The van der Waals surface area contributed by atoms with Crippen LogP contribution in [0.15, 0.2) is 0 Å². The monoisotopic (exact) mass is 189 g/mol. The van der Waals surface area contributed by atoms with Crippen molar-refractivity contribution < 1.29 is 9.84 Å². The molecule has 0 aliphatic rings. The lowest BCUT2D eigenvalue weighted by Gasteiger charge is -2.19. The highest BCUT2D eigenvalue weighted by atomic mass is 16.5. The summed E-state index contributed by atoms with van der Waals surface area (Å²) >= 11 is 0. The Balaban J connectivity index is 3.35. The van der Waals surface area contributed by atoms with Crippen LogP contribution < -0.4 is 0 Å². The first-order chi connectivity index (χ1) is 6.20. The zero-order valence-corrected chi connectivity index (χ0v) is 9.12. The van der Waals surface area contributed by atoms with Gasteiger partial charge in [0.15, 0.2) is 0 Å². The van der Waals surface area contributed by atoms with Crippen molar-refractivity contribution in [1.82, 2.24) is 4.90 Å². The van der Waals surface area contributed by atoms with Crippen LogP contribution in [-0.2, 0) is 4.74 Å². The first kappa shape index (κ1) is 12.9. The molecule has 0 saturated heterocycles. The zero-order chi connectivity index (χ0) is 10.1. The van der Waals surface area contributed by atoms with Crippen LogP contribution in [0.5, 0.6) is 0 Å². The molecule has 0 aliphatic carbocycles. The molecule has 0 spiro atoms. The van der Waals surface area contributed by atoms with Gasteiger partial charge in [-0.3, -0.25) is 0 Å². The lowest BCUT2D eigenvalue weighted by atomic mass is 10.3. The smallest absolute Gasteiger partial charge is 0.0900 e. The van der Waals surface area contributed by atoms with Crippen molar-refractivity contribution in [2.45, 2.75) is 32.8 Å². The van der Waals surface area contributed by atoms with Crippen LogP contribution in [0.1, 0.15) is 26.7 Å². The Morgan fingerprint density at radius 2 is 2.08 bits per heavy atom. The van der Waals surface area contributed by atoms with E-state index in [1.54, 1.807) is 0 Å². The molecule has 80 valence electrons. The average Bonchev–Trinajstić information content (AvgIpc) is 2.11. The fourth-order valence-corrected chi connectivity index (χ4v) is 1.19. The summed E-state index contributed by atoms with van der Waals surface area (Å²) < 4.78 is 5.12. The van der Waals surface area contributed by atoms with Gasteiger partial charge in [-0.2, -0.15) is 0 Å². The molecule has 3 nitrogen and oxygen atoms in total. The second-order valence-corrected chi connectivity index (χ2v) is 3.43. The molecule has 0 bridgehead atoms. The summed E-state index contributed by atoms with van der Waals surface area (Å²) in [5.74, 6) is 0. The minimum absolute atomic E-state index is 0.346. The molecule has 0 amide bonds. The minimum atomic E-state index is -0.346. The summed E-state index contributed by atoms with van der Waals surface area (Å²) in [7, 11) is 2.03. The van der Waals surface area contributed by atoms with Gasteiger partial charge >= 0.3 is 0 Å². The van der Waals surface area contributed by atoms with E-state index < -0.39 is 0 Å². The van der Waals surface area contributed by atoms with E-state index >= 15 is 0 Å². The van der Waals surface area contributed by atoms with Crippen molar-refractivity contribution in [3.63, 3.8) is 0 Å². The van der Waals surface area contributed by atoms with Gasteiger partial charge in [0.1, 0.15) is 0 Å². The van der Waals surface area contributed by atoms with E-state index in [1.807, 2.05) is 14.0 Å². The molecular formula is C10H23NO2. The molecule has 13 heavy (non-hydrogen) atoms. The maximum atomic E-state index is 9.48. The third-order valence-electron chi connectivity index (χ3n) is 1.93. The van der Waals surface area contributed by atoms with E-state index in [0.29, 0.717) is 19.8 Å². The fourth-order valence-electron chi connectivity index (χ4n) is 1.19. The summed E-state index contributed by atoms with van der Waals surface area (Å²) in [6.45, 7) is 7.00. The number of rotatable bonds is 8. The molecule has 0 aromatic rings. The second-order valence-electron chi connectivity index (χ2n) is 3.43. The van der Waals surface area contributed by atoms with Crippen molar-refractivity contribution in [2.75, 3.05) is 33.4 Å². The van der Waals surface area contributed by atoms with E-state index in [0.717, 1.165) is 6.54 Å². The van der Waals surface area contributed by atoms with Gasteiger partial charge in [-0.25, -0.2) is 0 Å². The quantitative estimate of drug-likeness (QED) is 0.621. The van der Waals surface area contributed by atoms with Crippen LogP contribution in [-0.4, -0.2) is 49.5 Å². The van der Waals surface area contributed by atoms with Gasteiger partial charge in [-0.1, -0.05) is 13.3 Å². The number of ether oxygens (including phenoxy) is 1. The Bertz CT molecular complexity index is 97.1. The van der Waals surface area contributed by atoms with E-state index in [2.05, 4.69) is 11.8 Å². The van der Waals surface area contributed by atoms with Crippen LogP contribution >= 0.6 is 0 Å². The molecule has 0 fully saturated rings. The van der Waals surface area contributed by atoms with Crippen molar-refractivity contribution in [1.29, 1.82) is 0 Å². The predicted octanol–water partition coefficient (Wildman–Crippen LogP) is 1.12. The van der Waals surface area contributed by atoms with Crippen LogP contribution in [0.25, 0.3) is 0 Å². The molecule has 0 aliphatic heterocycles. The molecule has 1 atom stereocenters. The molecule has 0 aromatic carbocycles. The van der Waals surface area contributed by atoms with Crippen molar-refractivity contribution in [2.24, 2.45) is 0 Å². The van der Waals surface area contributed by atoms with Gasteiger partial charge in [-0.05, 0) is 26.9 Å². The molecule has 1 unspecified atom stereocenters. The Morgan fingerprint density at radius 3 is 2.62 bits per heavy atom. The van der Waals surface area contributed by atoms with Crippen LogP contribution in [0.3, 0.4) is 0 Å². The van der Waals surface area contributed by atoms with E-state index in [4.69, 9.17) is 4.74 Å². The molecule has 0 heterocycles. The molecule has 0 radical (unpaired) electrons. The highest BCUT2D eigenvalue weighted by Crippen LogP contribution is 1.94. The van der Waals surface area contributed by atoms with E-state index in [-0.39, 0.29) is 6.10 Å². The van der Waals surface area contributed by atoms with Crippen molar-refractivity contribution in [3.8, 4) is 0 Å². The van der Waals surface area contributed by atoms with E-state index in [9.17, 15) is 5.11 Å². The first-order valence-corrected chi connectivity index (χ1v) is 5.15. The van der Waals surface area contributed by atoms with Gasteiger partial charge in [-0.15, -0.1) is 0 Å². The van der Waals surface area contributed by atoms with Crippen LogP contribution in [0.4, 0.5) is 0 Å². The lowest BCUT2D eigenvalue weighted by molar-refractivity contribution is 0.0254. The average molecular weight is 189 g/mol. The molecule has 0 rings (SSSR count). The van der Waals surface area contributed by atoms with Crippen molar-refractivity contribution >= 4 is 0 Å². The highest BCUT2D eigenvalue weighted by molar-refractivity contribution is 4.60. The zero-order valence-electron chi connectivity index (χ0n) is 9.12.